The minimum atomic E-state index is -0.140. The summed E-state index contributed by atoms with van der Waals surface area (Å²) in [7, 11) is 0. The number of rotatable bonds is 0. The van der Waals surface area contributed by atoms with E-state index >= 15 is 0 Å². The molecule has 5 heteroatoms. The second-order valence-corrected chi connectivity index (χ2v) is 4.83. The van der Waals surface area contributed by atoms with Gasteiger partial charge in [0.15, 0.2) is 0 Å². The molecule has 1 aliphatic heterocycles. The zero-order valence-electron chi connectivity index (χ0n) is 11.3. The Labute approximate surface area is 120 Å². The molecule has 21 heavy (non-hydrogen) atoms. The molecule has 0 spiro atoms. The van der Waals surface area contributed by atoms with Gasteiger partial charge < -0.3 is 10.3 Å². The van der Waals surface area contributed by atoms with E-state index in [0.29, 0.717) is 11.4 Å². The first-order chi connectivity index (χ1) is 10.3. The maximum Gasteiger partial charge on any atom is 0.259 e. The highest BCUT2D eigenvalue weighted by molar-refractivity contribution is 6.30. The largest absolute Gasteiger partial charge is 0.339 e. The molecule has 0 bridgehead atoms. The Hall–Kier alpha value is -2.95. The topological polar surface area (TPSA) is 70.7 Å². The van der Waals surface area contributed by atoms with E-state index in [1.165, 1.54) is 0 Å². The molecule has 5 nitrogen and oxygen atoms in total. The van der Waals surface area contributed by atoms with E-state index < -0.39 is 0 Å². The van der Waals surface area contributed by atoms with Crippen LogP contribution < -0.4 is 15.9 Å². The third-order valence-corrected chi connectivity index (χ3v) is 3.69. The first-order valence-electron chi connectivity index (χ1n) is 6.69. The molecule has 4 rings (SSSR count). The van der Waals surface area contributed by atoms with Crippen molar-refractivity contribution in [3.8, 4) is 0 Å². The van der Waals surface area contributed by atoms with Crippen molar-refractivity contribution < 1.29 is 4.79 Å². The van der Waals surface area contributed by atoms with E-state index in [-0.39, 0.29) is 5.91 Å². The molecule has 4 heterocycles. The number of nitrogens with one attached hydrogen (secondary N) is 2. The lowest BCUT2D eigenvalue weighted by Crippen LogP contribution is -2.28. The Morgan fingerprint density at radius 3 is 2.81 bits per heavy atom. The first-order valence-corrected chi connectivity index (χ1v) is 6.69. The van der Waals surface area contributed by atoms with Crippen molar-refractivity contribution in [2.24, 2.45) is 0 Å². The van der Waals surface area contributed by atoms with Crippen molar-refractivity contribution in [1.29, 1.82) is 0 Å². The number of nitrogens with zero attached hydrogens (tertiary/aromatic N) is 2. The summed E-state index contributed by atoms with van der Waals surface area (Å²) in [5, 5.41) is 5.58. The Bertz CT molecular complexity index is 1000. The summed E-state index contributed by atoms with van der Waals surface area (Å²) in [4.78, 5) is 24.1. The number of aromatic nitrogens is 3. The van der Waals surface area contributed by atoms with Crippen LogP contribution in [0.25, 0.3) is 22.7 Å². The van der Waals surface area contributed by atoms with Crippen LogP contribution in [0.4, 0.5) is 5.82 Å². The number of aromatic amines is 1. The van der Waals surface area contributed by atoms with Crippen LogP contribution in [0.15, 0.2) is 36.7 Å². The maximum absolute atomic E-state index is 12.3. The molecule has 0 aromatic carbocycles. The van der Waals surface area contributed by atoms with Crippen molar-refractivity contribution >= 4 is 34.4 Å². The molecule has 0 fully saturated rings. The van der Waals surface area contributed by atoms with Crippen molar-refractivity contribution in [2.45, 2.75) is 6.92 Å². The van der Waals surface area contributed by atoms with Gasteiger partial charge in [-0.25, -0.2) is 9.97 Å². The molecule has 0 radical (unpaired) electrons. The van der Waals surface area contributed by atoms with Gasteiger partial charge in [0.05, 0.1) is 10.9 Å². The third kappa shape index (κ3) is 1.61. The first kappa shape index (κ1) is 11.8. The average Bonchev–Trinajstić information content (AvgIpc) is 3.02. The van der Waals surface area contributed by atoms with E-state index in [0.717, 1.165) is 27.2 Å². The van der Waals surface area contributed by atoms with Crippen molar-refractivity contribution in [2.75, 3.05) is 5.32 Å². The fourth-order valence-electron chi connectivity index (χ4n) is 2.79. The molecule has 0 unspecified atom stereocenters. The van der Waals surface area contributed by atoms with Crippen LogP contribution in [0.2, 0.25) is 0 Å². The van der Waals surface area contributed by atoms with Crippen LogP contribution in [-0.2, 0) is 4.79 Å². The minimum Gasteiger partial charge on any atom is -0.339 e. The summed E-state index contributed by atoms with van der Waals surface area (Å²) >= 11 is 0. The zero-order chi connectivity index (χ0) is 14.4. The van der Waals surface area contributed by atoms with E-state index in [1.54, 1.807) is 12.4 Å². The highest BCUT2D eigenvalue weighted by Gasteiger charge is 2.26. The smallest absolute Gasteiger partial charge is 0.259 e. The summed E-state index contributed by atoms with van der Waals surface area (Å²) in [6.45, 7) is 1.96. The van der Waals surface area contributed by atoms with E-state index in [2.05, 4.69) is 20.3 Å². The summed E-state index contributed by atoms with van der Waals surface area (Å²) in [6.07, 6.45) is 5.39. The molecule has 0 atom stereocenters. The normalized spacial score (nSPS) is 17.2. The Kier molecular flexibility index (Phi) is 2.41. The van der Waals surface area contributed by atoms with Crippen LogP contribution in [0.1, 0.15) is 12.5 Å². The van der Waals surface area contributed by atoms with E-state index in [1.807, 2.05) is 37.3 Å². The molecule has 3 aromatic rings. The van der Waals surface area contributed by atoms with Gasteiger partial charge in [-0.05, 0) is 31.2 Å². The number of hydrogen-bond donors (Lipinski definition) is 2. The van der Waals surface area contributed by atoms with Crippen LogP contribution in [0.3, 0.4) is 0 Å². The summed E-state index contributed by atoms with van der Waals surface area (Å²) in [5.74, 6) is 0.463. The number of carbonyl (C=O) groups excluding carboxylic acids is 1. The number of fused-ring (bicyclic) bond motifs is 2. The van der Waals surface area contributed by atoms with Crippen molar-refractivity contribution in [1.82, 2.24) is 15.0 Å². The van der Waals surface area contributed by atoms with Gasteiger partial charge in [-0.2, -0.15) is 0 Å². The number of carbonyl (C=O) groups is 1. The Morgan fingerprint density at radius 2 is 1.95 bits per heavy atom. The van der Waals surface area contributed by atoms with Gasteiger partial charge in [0.2, 0.25) is 0 Å². The minimum absolute atomic E-state index is 0.140. The van der Waals surface area contributed by atoms with Crippen LogP contribution in [0.5, 0.6) is 0 Å². The standard InChI is InChI=1S/C16H12N4O/c1-2-9-10-5-3-7-17-14(10)19-13(9)12-11-6-4-8-18-15(11)20-16(12)21/h2-8H,1H3,(H,17,19)(H,18,20,21)/b9-2+,13-12-. The van der Waals surface area contributed by atoms with E-state index in [9.17, 15) is 4.79 Å². The van der Waals surface area contributed by atoms with Gasteiger partial charge in [-0.1, -0.05) is 6.08 Å². The van der Waals surface area contributed by atoms with Crippen molar-refractivity contribution in [3.05, 3.63) is 52.8 Å². The quantitative estimate of drug-likeness (QED) is 0.641. The van der Waals surface area contributed by atoms with Crippen LogP contribution >= 0.6 is 0 Å². The molecule has 1 amide bonds. The van der Waals surface area contributed by atoms with Gasteiger partial charge in [0.1, 0.15) is 11.5 Å². The van der Waals surface area contributed by atoms with Gasteiger partial charge in [0.25, 0.3) is 5.91 Å². The highest BCUT2D eigenvalue weighted by atomic mass is 16.2. The zero-order valence-corrected chi connectivity index (χ0v) is 11.3. The van der Waals surface area contributed by atoms with Gasteiger partial charge in [-0.15, -0.1) is 0 Å². The highest BCUT2D eigenvalue weighted by Crippen LogP contribution is 2.26. The number of anilines is 1. The fourth-order valence-corrected chi connectivity index (χ4v) is 2.79. The van der Waals surface area contributed by atoms with E-state index in [4.69, 9.17) is 0 Å². The Morgan fingerprint density at radius 1 is 1.14 bits per heavy atom. The number of hydrogen-bond acceptors (Lipinski definition) is 3. The van der Waals surface area contributed by atoms with Crippen LogP contribution in [0, 0.1) is 0 Å². The third-order valence-electron chi connectivity index (χ3n) is 3.69. The molecule has 0 saturated carbocycles. The van der Waals surface area contributed by atoms with Crippen LogP contribution in [-0.4, -0.2) is 20.9 Å². The lowest BCUT2D eigenvalue weighted by Gasteiger charge is -1.94. The lowest BCUT2D eigenvalue weighted by atomic mass is 10.1. The number of amides is 1. The predicted octanol–water partition coefficient (Wildman–Crippen LogP) is 0.909. The monoisotopic (exact) mass is 276 g/mol. The lowest BCUT2D eigenvalue weighted by molar-refractivity contribution is -0.110. The molecular weight excluding hydrogens is 264 g/mol. The fraction of sp³-hybridized carbons (Fsp3) is 0.0625. The molecule has 1 aliphatic rings. The molecule has 102 valence electrons. The SMILES string of the molecule is C/C=c1/c(=C2/C(=O)Nc3ncccc32)[nH]c2ncccc12. The molecule has 2 N–H and O–H groups in total. The summed E-state index contributed by atoms with van der Waals surface area (Å²) < 4.78 is 0. The molecule has 3 aromatic heterocycles. The molecule has 0 saturated heterocycles. The summed E-state index contributed by atoms with van der Waals surface area (Å²) in [5.41, 5.74) is 2.21. The van der Waals surface area contributed by atoms with Crippen molar-refractivity contribution in [3.63, 3.8) is 0 Å². The molecule has 0 aliphatic carbocycles. The average molecular weight is 276 g/mol. The number of H-pyrrole nitrogens is 1. The molecular formula is C16H12N4O. The van der Waals surface area contributed by atoms with Gasteiger partial charge >= 0.3 is 0 Å². The second kappa shape index (κ2) is 4.28. The maximum atomic E-state index is 12.3. The van der Waals surface area contributed by atoms with Gasteiger partial charge in [-0.3, -0.25) is 4.79 Å². The summed E-state index contributed by atoms with van der Waals surface area (Å²) in [6, 6.07) is 7.61. The number of pyridine rings is 2. The Balaban J connectivity index is 2.22. The van der Waals surface area contributed by atoms with Gasteiger partial charge in [0, 0.05) is 28.6 Å². The predicted molar refractivity (Wildman–Crippen MR) is 80.9 cm³/mol. The second-order valence-electron chi connectivity index (χ2n) is 4.83.